The van der Waals surface area contributed by atoms with Gasteiger partial charge in [0.1, 0.15) is 5.82 Å². The third-order valence-corrected chi connectivity index (χ3v) is 15.7. The Morgan fingerprint density at radius 1 is 0.432 bits per heavy atom. The summed E-state index contributed by atoms with van der Waals surface area (Å²) in [5.74, 6) is 2.00. The molecule has 1 aliphatic heterocycles. The van der Waals surface area contributed by atoms with E-state index in [1.54, 1.807) is 0 Å². The fourth-order valence-corrected chi connectivity index (χ4v) is 11.4. The predicted octanol–water partition coefficient (Wildman–Crippen LogP) is 19.8. The molecule has 13 rings (SSSR count). The SMILES string of the molecule is CC(C)(C)c1cc(Oc2[c-]c3c(cc2)c2c(c4ccccc4n2-c2ccccc2)n3-c2cc(C(C)(C)C)ccn2)[c-]c(N2[CH-]N(c3c(-c4cccc(-c5ccccc5)c4)cccc3-c3cccc(C(C)(C)C)c3)c3ccccc32)c1.[Pd]. The summed E-state index contributed by atoms with van der Waals surface area (Å²) in [5, 5.41) is 2.17. The van der Waals surface area contributed by atoms with Gasteiger partial charge in [0.05, 0.1) is 11.0 Å². The molecule has 3 aromatic heterocycles. The Morgan fingerprint density at radius 2 is 1.01 bits per heavy atom. The third kappa shape index (κ3) is 9.73. The van der Waals surface area contributed by atoms with E-state index in [2.05, 4.69) is 306 Å². The summed E-state index contributed by atoms with van der Waals surface area (Å²) in [4.78, 5) is 9.74. The Labute approximate surface area is 490 Å². The minimum Gasteiger partial charge on any atom is -0.509 e. The Morgan fingerprint density at radius 3 is 1.73 bits per heavy atom. The van der Waals surface area contributed by atoms with Gasteiger partial charge < -0.3 is 23.7 Å². The van der Waals surface area contributed by atoms with Crippen LogP contribution in [0.4, 0.5) is 22.7 Å². The number of fused-ring (bicyclic) bond motifs is 6. The quantitative estimate of drug-likeness (QED) is 0.107. The molecule has 1 aliphatic rings. The van der Waals surface area contributed by atoms with E-state index in [0.29, 0.717) is 11.5 Å². The largest absolute Gasteiger partial charge is 0.509 e. The number of rotatable bonds is 9. The van der Waals surface area contributed by atoms with Crippen molar-refractivity contribution in [1.82, 2.24) is 14.1 Å². The zero-order valence-electron chi connectivity index (χ0n) is 47.3. The minimum absolute atomic E-state index is 0. The number of hydrogen-bond acceptors (Lipinski definition) is 4. The van der Waals surface area contributed by atoms with E-state index < -0.39 is 0 Å². The second-order valence-corrected chi connectivity index (χ2v) is 24.3. The van der Waals surface area contributed by atoms with Gasteiger partial charge in [-0.3, -0.25) is 0 Å². The molecular formula is C74H64N5OPd-3. The van der Waals surface area contributed by atoms with E-state index in [0.717, 1.165) is 94.9 Å². The van der Waals surface area contributed by atoms with Gasteiger partial charge >= 0.3 is 0 Å². The molecule has 0 saturated carbocycles. The van der Waals surface area contributed by atoms with Crippen molar-refractivity contribution in [3.8, 4) is 56.4 Å². The molecule has 0 radical (unpaired) electrons. The summed E-state index contributed by atoms with van der Waals surface area (Å²) in [6.07, 6.45) is 1.93. The van der Waals surface area contributed by atoms with Crippen LogP contribution >= 0.6 is 0 Å². The molecule has 404 valence electrons. The molecule has 81 heavy (non-hydrogen) atoms. The van der Waals surface area contributed by atoms with Crippen LogP contribution in [0.15, 0.2) is 219 Å². The van der Waals surface area contributed by atoms with Gasteiger partial charge in [-0.1, -0.05) is 213 Å². The molecule has 0 unspecified atom stereocenters. The number of hydrogen-bond donors (Lipinski definition) is 0. The molecule has 4 heterocycles. The number of ether oxygens (including phenoxy) is 1. The number of nitrogens with zero attached hydrogens (tertiary/aromatic N) is 5. The number of aromatic nitrogens is 3. The monoisotopic (exact) mass is 1140 g/mol. The molecule has 6 nitrogen and oxygen atoms in total. The van der Waals surface area contributed by atoms with Gasteiger partial charge in [0.2, 0.25) is 0 Å². The predicted molar refractivity (Wildman–Crippen MR) is 333 cm³/mol. The van der Waals surface area contributed by atoms with E-state index in [4.69, 9.17) is 9.72 Å². The molecule has 0 aliphatic carbocycles. The molecule has 7 heteroatoms. The van der Waals surface area contributed by atoms with Gasteiger partial charge in [-0.05, 0) is 98.2 Å². The fourth-order valence-electron chi connectivity index (χ4n) is 11.4. The molecule has 0 N–H and O–H groups in total. The molecule has 0 fully saturated rings. The maximum Gasteiger partial charge on any atom is 0.135 e. The van der Waals surface area contributed by atoms with Crippen molar-refractivity contribution in [1.29, 1.82) is 0 Å². The molecule has 0 bridgehead atoms. The summed E-state index contributed by atoms with van der Waals surface area (Å²) >= 11 is 0. The van der Waals surface area contributed by atoms with Gasteiger partial charge in [0.25, 0.3) is 0 Å². The first-order valence-electron chi connectivity index (χ1n) is 27.8. The second kappa shape index (κ2) is 20.6. The van der Waals surface area contributed by atoms with Crippen LogP contribution in [0.5, 0.6) is 11.5 Å². The first kappa shape index (κ1) is 53.2. The summed E-state index contributed by atoms with van der Waals surface area (Å²) in [6.45, 7) is 22.6. The first-order chi connectivity index (χ1) is 38.6. The number of anilines is 4. The first-order valence-corrected chi connectivity index (χ1v) is 27.8. The van der Waals surface area contributed by atoms with E-state index >= 15 is 0 Å². The van der Waals surface area contributed by atoms with Crippen LogP contribution in [0.25, 0.3) is 77.7 Å². The van der Waals surface area contributed by atoms with Crippen molar-refractivity contribution in [2.24, 2.45) is 0 Å². The van der Waals surface area contributed by atoms with Crippen LogP contribution in [0, 0.1) is 18.8 Å². The van der Waals surface area contributed by atoms with Crippen molar-refractivity contribution in [2.45, 2.75) is 78.6 Å². The Kier molecular flexibility index (Phi) is 13.5. The van der Waals surface area contributed by atoms with E-state index in [-0.39, 0.29) is 36.7 Å². The summed E-state index contributed by atoms with van der Waals surface area (Å²) < 4.78 is 11.8. The average Bonchev–Trinajstić information content (AvgIpc) is 4.33. The molecule has 9 aromatic carbocycles. The maximum absolute atomic E-state index is 7.10. The topological polar surface area (TPSA) is 38.5 Å². The summed E-state index contributed by atoms with van der Waals surface area (Å²) in [5.41, 5.74) is 19.4. The summed E-state index contributed by atoms with van der Waals surface area (Å²) in [6, 6.07) is 83.9. The van der Waals surface area contributed by atoms with Gasteiger partial charge in [0, 0.05) is 82.9 Å². The van der Waals surface area contributed by atoms with Crippen LogP contribution in [-0.2, 0) is 36.7 Å². The third-order valence-electron chi connectivity index (χ3n) is 15.7. The van der Waals surface area contributed by atoms with Gasteiger partial charge in [-0.15, -0.1) is 48.3 Å². The molecule has 12 aromatic rings. The zero-order valence-corrected chi connectivity index (χ0v) is 48.9. The zero-order chi connectivity index (χ0) is 55.1. The van der Waals surface area contributed by atoms with E-state index in [1.807, 2.05) is 12.3 Å². The van der Waals surface area contributed by atoms with Crippen molar-refractivity contribution < 1.29 is 25.2 Å². The van der Waals surface area contributed by atoms with E-state index in [9.17, 15) is 0 Å². The number of benzene rings is 9. The van der Waals surface area contributed by atoms with Crippen molar-refractivity contribution in [3.05, 3.63) is 254 Å². The molecule has 0 amide bonds. The van der Waals surface area contributed by atoms with Crippen molar-refractivity contribution in [3.63, 3.8) is 0 Å². The number of pyridine rings is 1. The van der Waals surface area contributed by atoms with Gasteiger partial charge in [-0.25, -0.2) is 4.98 Å². The Balaban J connectivity index is 0.00000651. The molecular weight excluding hydrogens is 1080 g/mol. The smallest absolute Gasteiger partial charge is 0.135 e. The second-order valence-electron chi connectivity index (χ2n) is 24.3. The van der Waals surface area contributed by atoms with Gasteiger partial charge in [0.15, 0.2) is 0 Å². The molecule has 0 atom stereocenters. The minimum atomic E-state index is -0.232. The fraction of sp³-hybridized carbons (Fsp3) is 0.162. The molecule has 0 saturated heterocycles. The molecule has 0 spiro atoms. The van der Waals surface area contributed by atoms with Crippen LogP contribution in [0.3, 0.4) is 0 Å². The average molecular weight is 1150 g/mol. The van der Waals surface area contributed by atoms with Crippen LogP contribution in [-0.4, -0.2) is 14.1 Å². The Bertz CT molecular complexity index is 4320. The maximum atomic E-state index is 7.10. The van der Waals surface area contributed by atoms with Crippen LogP contribution in [0.2, 0.25) is 0 Å². The van der Waals surface area contributed by atoms with E-state index in [1.165, 1.54) is 22.3 Å². The van der Waals surface area contributed by atoms with Gasteiger partial charge in [-0.2, -0.15) is 6.07 Å². The van der Waals surface area contributed by atoms with Crippen molar-refractivity contribution in [2.75, 3.05) is 9.80 Å². The normalized spacial score (nSPS) is 12.8. The Hall–Kier alpha value is -8.47. The van der Waals surface area contributed by atoms with Crippen LogP contribution < -0.4 is 14.5 Å². The van der Waals surface area contributed by atoms with Crippen molar-refractivity contribution >= 4 is 55.6 Å². The number of para-hydroxylation sites is 5. The standard InChI is InChI=1S/C74H64N5O.Pd/c1-72(2,3)53-28-21-27-52(42-53)61-33-22-32-60(51-26-20-25-50(41-51)49-23-12-10-13-24-49)69(61)77-48-76(65-35-18-19-36-66(65)77)57-43-55(74(7,8)9)44-59(46-57)80-58-37-38-63-67(47-58)79(68-45-54(39-40-75-68)73(4,5)6)71-62-31-16-17-34-64(62)78(70(63)71)56-29-14-11-15-30-56;/h10-45,48H,1-9H3;/q-3;. The summed E-state index contributed by atoms with van der Waals surface area (Å²) in [7, 11) is 0. The van der Waals surface area contributed by atoms with Crippen LogP contribution in [0.1, 0.15) is 79.0 Å².